The van der Waals surface area contributed by atoms with Gasteiger partial charge in [-0.3, -0.25) is 14.4 Å². The SMILES string of the molecule is Cc1c(O)/c(=C\O)c2nc3c(=O)ccc(C(=O)NCCN)c3[nH]c2c1=O. The number of H-pyrrole nitrogens is 1. The van der Waals surface area contributed by atoms with E-state index in [1.54, 1.807) is 0 Å². The Hall–Kier alpha value is -3.46. The highest BCUT2D eigenvalue weighted by molar-refractivity contribution is 6.06. The minimum absolute atomic E-state index is 0.00242. The Bertz CT molecular complexity index is 1220. The highest BCUT2D eigenvalue weighted by Crippen LogP contribution is 2.17. The Morgan fingerprint density at radius 3 is 2.69 bits per heavy atom. The van der Waals surface area contributed by atoms with E-state index in [1.807, 2.05) is 0 Å². The predicted octanol–water partition coefficient (Wildman–Crippen LogP) is -0.846. The number of carbonyl (C=O) groups is 1. The van der Waals surface area contributed by atoms with Crippen LogP contribution in [0.1, 0.15) is 15.9 Å². The molecule has 0 atom stereocenters. The van der Waals surface area contributed by atoms with E-state index in [-0.39, 0.29) is 51.5 Å². The summed E-state index contributed by atoms with van der Waals surface area (Å²) in [6.07, 6.45) is 0.610. The Kier molecular flexibility index (Phi) is 4.31. The van der Waals surface area contributed by atoms with Crippen LogP contribution in [0.2, 0.25) is 0 Å². The standard InChI is InChI=1S/C17H16N4O5/c1-7-15(24)9(6-22)12-14(16(7)25)21-11-8(17(26)19-5-4-18)2-3-10(23)13(11)20-12/h2-3,6,21-22,24H,4-5,18H2,1H3,(H,19,26)/b9-6-. The molecular weight excluding hydrogens is 340 g/mol. The number of carbonyl (C=O) groups excluding carboxylic acids is 1. The third-order valence-electron chi connectivity index (χ3n) is 4.09. The van der Waals surface area contributed by atoms with Crippen molar-refractivity contribution in [1.29, 1.82) is 0 Å². The molecule has 0 saturated heterocycles. The number of aromatic nitrogens is 2. The van der Waals surface area contributed by atoms with Crippen molar-refractivity contribution in [2.24, 2.45) is 5.73 Å². The summed E-state index contributed by atoms with van der Waals surface area (Å²) in [5, 5.41) is 22.0. The molecule has 3 rings (SSSR count). The monoisotopic (exact) mass is 356 g/mol. The van der Waals surface area contributed by atoms with Crippen molar-refractivity contribution in [3.8, 4) is 5.75 Å². The zero-order valence-corrected chi connectivity index (χ0v) is 13.8. The zero-order chi connectivity index (χ0) is 19.0. The van der Waals surface area contributed by atoms with E-state index in [2.05, 4.69) is 15.3 Å². The molecule has 0 bridgehead atoms. The summed E-state index contributed by atoms with van der Waals surface area (Å²) in [6, 6.07) is 2.51. The highest BCUT2D eigenvalue weighted by atomic mass is 16.3. The van der Waals surface area contributed by atoms with Crippen molar-refractivity contribution in [3.05, 3.63) is 48.9 Å². The Balaban J connectivity index is 2.48. The summed E-state index contributed by atoms with van der Waals surface area (Å²) < 4.78 is 0. The molecule has 0 fully saturated rings. The molecule has 1 heterocycles. The fraction of sp³-hybridized carbons (Fsp3) is 0.176. The van der Waals surface area contributed by atoms with E-state index in [0.717, 1.165) is 0 Å². The number of nitrogens with two attached hydrogens (primary N) is 1. The normalized spacial score (nSPS) is 12.0. The van der Waals surface area contributed by atoms with Gasteiger partial charge in [-0.05, 0) is 19.1 Å². The molecule has 3 aromatic rings. The lowest BCUT2D eigenvalue weighted by Crippen LogP contribution is -2.30. The molecule has 1 amide bonds. The summed E-state index contributed by atoms with van der Waals surface area (Å²) in [5.41, 5.74) is 4.36. The van der Waals surface area contributed by atoms with Crippen LogP contribution in [-0.2, 0) is 0 Å². The minimum atomic E-state index is -0.554. The van der Waals surface area contributed by atoms with Gasteiger partial charge in [-0.2, -0.15) is 0 Å². The maximum absolute atomic E-state index is 12.5. The lowest BCUT2D eigenvalue weighted by atomic mass is 10.1. The van der Waals surface area contributed by atoms with Crippen LogP contribution in [0.25, 0.3) is 28.3 Å². The molecule has 9 heteroatoms. The van der Waals surface area contributed by atoms with Crippen molar-refractivity contribution in [2.75, 3.05) is 13.1 Å². The van der Waals surface area contributed by atoms with Crippen LogP contribution < -0.4 is 27.1 Å². The second-order valence-electron chi connectivity index (χ2n) is 5.69. The van der Waals surface area contributed by atoms with Crippen LogP contribution in [0.4, 0.5) is 0 Å². The number of aliphatic hydroxyl groups is 1. The molecule has 6 N–H and O–H groups in total. The number of phenols is 1. The van der Waals surface area contributed by atoms with Crippen LogP contribution in [0.15, 0.2) is 21.7 Å². The van der Waals surface area contributed by atoms with Crippen molar-refractivity contribution in [3.63, 3.8) is 0 Å². The van der Waals surface area contributed by atoms with Crippen molar-refractivity contribution < 1.29 is 15.0 Å². The number of hydrogen-bond acceptors (Lipinski definition) is 7. The summed E-state index contributed by atoms with van der Waals surface area (Å²) >= 11 is 0. The lowest BCUT2D eigenvalue weighted by Gasteiger charge is -2.09. The number of nitrogens with one attached hydrogen (secondary N) is 2. The first kappa shape index (κ1) is 17.4. The van der Waals surface area contributed by atoms with Crippen LogP contribution in [-0.4, -0.2) is 39.2 Å². The van der Waals surface area contributed by atoms with Gasteiger partial charge in [-0.25, -0.2) is 4.98 Å². The fourth-order valence-electron chi connectivity index (χ4n) is 2.72. The number of aromatic amines is 1. The summed E-state index contributed by atoms with van der Waals surface area (Å²) in [5.74, 6) is -0.899. The van der Waals surface area contributed by atoms with Gasteiger partial charge < -0.3 is 26.2 Å². The van der Waals surface area contributed by atoms with Gasteiger partial charge in [0.15, 0.2) is 0 Å². The number of fused-ring (bicyclic) bond motifs is 2. The van der Waals surface area contributed by atoms with Gasteiger partial charge in [-0.15, -0.1) is 0 Å². The maximum atomic E-state index is 12.5. The average molecular weight is 356 g/mol. The van der Waals surface area contributed by atoms with Crippen molar-refractivity contribution in [2.45, 2.75) is 6.92 Å². The molecule has 26 heavy (non-hydrogen) atoms. The first-order valence-electron chi connectivity index (χ1n) is 7.75. The number of aromatic hydroxyl groups is 1. The van der Waals surface area contributed by atoms with E-state index in [9.17, 15) is 24.6 Å². The summed E-state index contributed by atoms with van der Waals surface area (Å²) in [7, 11) is 0. The number of benzene rings is 2. The Morgan fingerprint density at radius 2 is 2.04 bits per heavy atom. The van der Waals surface area contributed by atoms with Crippen LogP contribution in [0, 0.1) is 6.92 Å². The van der Waals surface area contributed by atoms with Crippen LogP contribution >= 0.6 is 0 Å². The van der Waals surface area contributed by atoms with E-state index in [1.165, 1.54) is 19.1 Å². The third-order valence-corrected chi connectivity index (χ3v) is 4.09. The first-order valence-corrected chi connectivity index (χ1v) is 7.75. The fourth-order valence-corrected chi connectivity index (χ4v) is 2.72. The summed E-state index contributed by atoms with van der Waals surface area (Å²) in [6.45, 7) is 1.87. The number of hydrogen-bond donors (Lipinski definition) is 5. The molecule has 2 aromatic carbocycles. The molecule has 134 valence electrons. The minimum Gasteiger partial charge on any atom is -0.515 e. The van der Waals surface area contributed by atoms with Crippen LogP contribution in [0.3, 0.4) is 0 Å². The van der Waals surface area contributed by atoms with E-state index in [4.69, 9.17) is 5.73 Å². The quantitative estimate of drug-likeness (QED) is 0.382. The molecule has 0 radical (unpaired) electrons. The zero-order valence-electron chi connectivity index (χ0n) is 13.8. The number of nitrogens with zero attached hydrogens (tertiary/aromatic N) is 1. The number of phenolic OH excluding ortho intramolecular Hbond substituents is 1. The van der Waals surface area contributed by atoms with Gasteiger partial charge >= 0.3 is 0 Å². The Labute approximate surface area is 145 Å². The van der Waals surface area contributed by atoms with Gasteiger partial charge in [0, 0.05) is 18.7 Å². The van der Waals surface area contributed by atoms with Gasteiger partial charge in [-0.1, -0.05) is 0 Å². The molecule has 0 aliphatic rings. The van der Waals surface area contributed by atoms with E-state index in [0.29, 0.717) is 6.26 Å². The van der Waals surface area contributed by atoms with Gasteiger partial charge in [0.2, 0.25) is 10.9 Å². The van der Waals surface area contributed by atoms with E-state index < -0.39 is 22.5 Å². The molecule has 0 unspecified atom stereocenters. The smallest absolute Gasteiger partial charge is 0.253 e. The van der Waals surface area contributed by atoms with Gasteiger partial charge in [0.1, 0.15) is 22.3 Å². The van der Waals surface area contributed by atoms with Crippen molar-refractivity contribution >= 4 is 34.2 Å². The van der Waals surface area contributed by atoms with Crippen molar-refractivity contribution in [1.82, 2.24) is 15.3 Å². The lowest BCUT2D eigenvalue weighted by molar-refractivity contribution is 0.0956. The number of amides is 1. The maximum Gasteiger partial charge on any atom is 0.253 e. The topological polar surface area (TPSA) is 158 Å². The highest BCUT2D eigenvalue weighted by Gasteiger charge is 2.18. The van der Waals surface area contributed by atoms with E-state index >= 15 is 0 Å². The summed E-state index contributed by atoms with van der Waals surface area (Å²) in [4.78, 5) is 43.9. The molecule has 0 aliphatic heterocycles. The number of aliphatic hydroxyl groups excluding tert-OH is 1. The molecular formula is C17H16N4O5. The van der Waals surface area contributed by atoms with Crippen LogP contribution in [0.5, 0.6) is 5.75 Å². The molecule has 0 spiro atoms. The average Bonchev–Trinajstić information content (AvgIpc) is 2.64. The second kappa shape index (κ2) is 6.45. The molecule has 1 aromatic heterocycles. The number of rotatable bonds is 3. The largest absolute Gasteiger partial charge is 0.515 e. The van der Waals surface area contributed by atoms with Gasteiger partial charge in [0.25, 0.3) is 5.91 Å². The molecule has 9 nitrogen and oxygen atoms in total. The Morgan fingerprint density at radius 1 is 1.31 bits per heavy atom. The van der Waals surface area contributed by atoms with Gasteiger partial charge in [0.05, 0.1) is 22.6 Å². The third kappa shape index (κ3) is 2.54. The molecule has 0 saturated carbocycles. The second-order valence-corrected chi connectivity index (χ2v) is 5.69. The first-order chi connectivity index (χ1) is 12.4. The molecule has 0 aliphatic carbocycles. The predicted molar refractivity (Wildman–Crippen MR) is 96.2 cm³/mol.